The molecular formula is C15H20BrN3S. The molecule has 0 bridgehead atoms. The van der Waals surface area contributed by atoms with Crippen molar-refractivity contribution >= 4 is 27.3 Å². The summed E-state index contributed by atoms with van der Waals surface area (Å²) >= 11 is 5.34. The summed E-state index contributed by atoms with van der Waals surface area (Å²) in [7, 11) is 2.12. The molecule has 2 unspecified atom stereocenters. The number of halogens is 1. The third-order valence-electron chi connectivity index (χ3n) is 3.43. The second-order valence-corrected chi connectivity index (χ2v) is 6.90. The van der Waals surface area contributed by atoms with Crippen molar-refractivity contribution in [3.63, 3.8) is 0 Å². The normalized spacial score (nSPS) is 14.5. The second-order valence-electron chi connectivity index (χ2n) is 5.10. The highest BCUT2D eigenvalue weighted by Gasteiger charge is 2.23. The highest BCUT2D eigenvalue weighted by molar-refractivity contribution is 9.10. The first-order valence-electron chi connectivity index (χ1n) is 6.60. The highest BCUT2D eigenvalue weighted by atomic mass is 79.9. The zero-order valence-electron chi connectivity index (χ0n) is 12.0. The van der Waals surface area contributed by atoms with Crippen LogP contribution < -0.4 is 5.73 Å². The van der Waals surface area contributed by atoms with Crippen LogP contribution in [-0.4, -0.2) is 23.0 Å². The van der Waals surface area contributed by atoms with Crippen LogP contribution >= 0.6 is 27.3 Å². The fourth-order valence-corrected chi connectivity index (χ4v) is 3.80. The molecule has 0 fully saturated rings. The number of thiazole rings is 1. The van der Waals surface area contributed by atoms with Crippen LogP contribution in [0, 0.1) is 6.92 Å². The molecule has 0 amide bonds. The van der Waals surface area contributed by atoms with Gasteiger partial charge in [-0.05, 0) is 32.5 Å². The minimum atomic E-state index is 0.0481. The third kappa shape index (κ3) is 3.47. The first-order chi connectivity index (χ1) is 9.50. The van der Waals surface area contributed by atoms with E-state index in [2.05, 4.69) is 64.9 Å². The van der Waals surface area contributed by atoms with Crippen molar-refractivity contribution in [3.8, 4) is 0 Å². The standard InChI is InChI=1S/C15H20BrN3S/c1-10(17)15(12-6-4-5-7-13(12)16)19(3)8-14-11(2)18-9-20-14/h4-7,9-10,15H,8,17H2,1-3H3. The molecule has 2 rings (SSSR count). The van der Waals surface area contributed by atoms with Gasteiger partial charge in [-0.2, -0.15) is 0 Å². The van der Waals surface area contributed by atoms with Crippen molar-refractivity contribution in [1.29, 1.82) is 0 Å². The lowest BCUT2D eigenvalue weighted by atomic mass is 9.99. The van der Waals surface area contributed by atoms with E-state index in [0.29, 0.717) is 0 Å². The van der Waals surface area contributed by atoms with Gasteiger partial charge in [-0.1, -0.05) is 34.1 Å². The van der Waals surface area contributed by atoms with Crippen molar-refractivity contribution in [3.05, 3.63) is 50.4 Å². The number of nitrogens with zero attached hydrogens (tertiary/aromatic N) is 2. The van der Waals surface area contributed by atoms with Gasteiger partial charge in [-0.25, -0.2) is 4.98 Å². The van der Waals surface area contributed by atoms with Gasteiger partial charge in [0.1, 0.15) is 0 Å². The van der Waals surface area contributed by atoms with Gasteiger partial charge in [0.05, 0.1) is 17.2 Å². The first-order valence-corrected chi connectivity index (χ1v) is 8.27. The molecule has 1 aromatic heterocycles. The number of aromatic nitrogens is 1. The Hall–Kier alpha value is -0.750. The molecule has 2 atom stereocenters. The molecule has 0 saturated carbocycles. The van der Waals surface area contributed by atoms with Crippen LogP contribution in [0.15, 0.2) is 34.2 Å². The highest BCUT2D eigenvalue weighted by Crippen LogP contribution is 2.30. The Morgan fingerprint density at radius 1 is 1.40 bits per heavy atom. The quantitative estimate of drug-likeness (QED) is 0.890. The predicted molar refractivity (Wildman–Crippen MR) is 88.9 cm³/mol. The van der Waals surface area contributed by atoms with E-state index in [1.165, 1.54) is 10.4 Å². The molecule has 0 aliphatic heterocycles. The molecule has 5 heteroatoms. The molecule has 108 valence electrons. The van der Waals surface area contributed by atoms with E-state index < -0.39 is 0 Å². The van der Waals surface area contributed by atoms with E-state index in [1.54, 1.807) is 11.3 Å². The Kier molecular flexibility index (Phi) is 5.32. The van der Waals surface area contributed by atoms with Gasteiger partial charge < -0.3 is 5.73 Å². The summed E-state index contributed by atoms with van der Waals surface area (Å²) in [5, 5.41) is 0. The first kappa shape index (κ1) is 15.6. The van der Waals surface area contributed by atoms with Crippen LogP contribution in [0.25, 0.3) is 0 Å². The van der Waals surface area contributed by atoms with Crippen LogP contribution in [0.5, 0.6) is 0 Å². The molecule has 0 saturated heterocycles. The average Bonchev–Trinajstić information content (AvgIpc) is 2.77. The average molecular weight is 354 g/mol. The number of aryl methyl sites for hydroxylation is 1. The van der Waals surface area contributed by atoms with E-state index in [-0.39, 0.29) is 12.1 Å². The number of nitrogens with two attached hydrogens (primary N) is 1. The van der Waals surface area contributed by atoms with Crippen LogP contribution in [0.4, 0.5) is 0 Å². The fraction of sp³-hybridized carbons (Fsp3) is 0.400. The summed E-state index contributed by atoms with van der Waals surface area (Å²) < 4.78 is 1.11. The van der Waals surface area contributed by atoms with Gasteiger partial charge in [0, 0.05) is 21.9 Å². The number of likely N-dealkylation sites (N-methyl/N-ethyl adjacent to an activating group) is 1. The molecule has 2 N–H and O–H groups in total. The van der Waals surface area contributed by atoms with Gasteiger partial charge in [0.2, 0.25) is 0 Å². The Bertz CT molecular complexity index is 568. The summed E-state index contributed by atoms with van der Waals surface area (Å²) in [6.45, 7) is 4.98. The van der Waals surface area contributed by atoms with Gasteiger partial charge in [-0.3, -0.25) is 4.90 Å². The van der Waals surface area contributed by atoms with Crippen molar-refractivity contribution in [2.75, 3.05) is 7.05 Å². The minimum Gasteiger partial charge on any atom is -0.326 e. The largest absolute Gasteiger partial charge is 0.326 e. The zero-order valence-corrected chi connectivity index (χ0v) is 14.4. The summed E-state index contributed by atoms with van der Waals surface area (Å²) in [6, 6.07) is 8.50. The molecule has 0 aliphatic rings. The van der Waals surface area contributed by atoms with Crippen LogP contribution in [-0.2, 0) is 6.54 Å². The molecule has 2 aromatic rings. The second kappa shape index (κ2) is 6.80. The van der Waals surface area contributed by atoms with E-state index in [0.717, 1.165) is 16.7 Å². The van der Waals surface area contributed by atoms with Crippen LogP contribution in [0.3, 0.4) is 0 Å². The van der Waals surface area contributed by atoms with Gasteiger partial charge >= 0.3 is 0 Å². The lowest BCUT2D eigenvalue weighted by Crippen LogP contribution is -2.37. The molecule has 1 heterocycles. The summed E-state index contributed by atoms with van der Waals surface area (Å²) in [5.41, 5.74) is 10.5. The number of hydrogen-bond donors (Lipinski definition) is 1. The monoisotopic (exact) mass is 353 g/mol. The number of hydrogen-bond acceptors (Lipinski definition) is 4. The Balaban J connectivity index is 2.25. The maximum Gasteiger partial charge on any atom is 0.0798 e. The van der Waals surface area contributed by atoms with E-state index in [9.17, 15) is 0 Å². The van der Waals surface area contributed by atoms with E-state index in [1.807, 2.05) is 11.6 Å². The predicted octanol–water partition coefficient (Wildman–Crippen LogP) is 3.73. The number of benzene rings is 1. The third-order valence-corrected chi connectivity index (χ3v) is 5.08. The smallest absolute Gasteiger partial charge is 0.0798 e. The van der Waals surface area contributed by atoms with Crippen LogP contribution in [0.2, 0.25) is 0 Å². The maximum atomic E-state index is 6.23. The minimum absolute atomic E-state index is 0.0481. The van der Waals surface area contributed by atoms with Crippen LogP contribution in [0.1, 0.15) is 29.1 Å². The maximum absolute atomic E-state index is 6.23. The van der Waals surface area contributed by atoms with Gasteiger partial charge in [-0.15, -0.1) is 11.3 Å². The van der Waals surface area contributed by atoms with Gasteiger partial charge in [0.25, 0.3) is 0 Å². The molecule has 0 spiro atoms. The van der Waals surface area contributed by atoms with Gasteiger partial charge in [0.15, 0.2) is 0 Å². The Morgan fingerprint density at radius 3 is 2.65 bits per heavy atom. The van der Waals surface area contributed by atoms with E-state index >= 15 is 0 Å². The van der Waals surface area contributed by atoms with Crippen molar-refractivity contribution in [2.45, 2.75) is 32.5 Å². The lowest BCUT2D eigenvalue weighted by molar-refractivity contribution is 0.211. The van der Waals surface area contributed by atoms with E-state index in [4.69, 9.17) is 5.73 Å². The summed E-state index contributed by atoms with van der Waals surface area (Å²) in [4.78, 5) is 7.91. The van der Waals surface area contributed by atoms with Crippen molar-refractivity contribution < 1.29 is 0 Å². The summed E-state index contributed by atoms with van der Waals surface area (Å²) in [5.74, 6) is 0. The number of rotatable bonds is 5. The molecule has 0 aliphatic carbocycles. The molecular weight excluding hydrogens is 334 g/mol. The topological polar surface area (TPSA) is 42.2 Å². The Labute approximate surface area is 133 Å². The SMILES string of the molecule is Cc1ncsc1CN(C)C(c1ccccc1Br)C(C)N. The molecule has 20 heavy (non-hydrogen) atoms. The fourth-order valence-electron chi connectivity index (χ4n) is 2.44. The Morgan fingerprint density at radius 2 is 2.10 bits per heavy atom. The molecule has 3 nitrogen and oxygen atoms in total. The summed E-state index contributed by atoms with van der Waals surface area (Å²) in [6.07, 6.45) is 0. The molecule has 0 radical (unpaired) electrons. The lowest BCUT2D eigenvalue weighted by Gasteiger charge is -2.32. The zero-order chi connectivity index (χ0) is 14.7. The molecule has 1 aromatic carbocycles. The van der Waals surface area contributed by atoms with Crippen molar-refractivity contribution in [1.82, 2.24) is 9.88 Å². The van der Waals surface area contributed by atoms with Crippen molar-refractivity contribution in [2.24, 2.45) is 5.73 Å².